The predicted octanol–water partition coefficient (Wildman–Crippen LogP) is 3.24. The molecule has 1 spiro atoms. The van der Waals surface area contributed by atoms with Gasteiger partial charge in [-0.1, -0.05) is 88.8 Å². The van der Waals surface area contributed by atoms with Crippen LogP contribution < -0.4 is 24.0 Å². The quantitative estimate of drug-likeness (QED) is 0.314. The highest BCUT2D eigenvalue weighted by Gasteiger charge is 2.42. The third-order valence-electron chi connectivity index (χ3n) is 9.70. The summed E-state index contributed by atoms with van der Waals surface area (Å²) in [7, 11) is 6.47. The summed E-state index contributed by atoms with van der Waals surface area (Å²) < 4.78 is 0.661. The van der Waals surface area contributed by atoms with Gasteiger partial charge >= 0.3 is 0 Å². The molecule has 0 radical (unpaired) electrons. The zero-order valence-corrected chi connectivity index (χ0v) is 26.0. The summed E-state index contributed by atoms with van der Waals surface area (Å²) in [5.74, 6) is 1.17. The van der Waals surface area contributed by atoms with E-state index in [2.05, 4.69) is 76.3 Å². The van der Waals surface area contributed by atoms with Crippen LogP contribution in [0.25, 0.3) is 6.08 Å². The number of benzene rings is 1. The van der Waals surface area contributed by atoms with Crippen LogP contribution in [-0.4, -0.2) is 61.3 Å². The van der Waals surface area contributed by atoms with Crippen molar-refractivity contribution in [1.82, 2.24) is 4.90 Å². The van der Waals surface area contributed by atoms with Crippen LogP contribution in [0.5, 0.6) is 0 Å². The second-order valence-corrected chi connectivity index (χ2v) is 12.9. The van der Waals surface area contributed by atoms with Crippen molar-refractivity contribution in [1.29, 1.82) is 0 Å². The van der Waals surface area contributed by atoms with E-state index < -0.39 is 0 Å². The molecule has 3 aliphatic rings. The number of nitrogens with zero attached hydrogens (tertiary/aromatic N) is 2. The van der Waals surface area contributed by atoms with Gasteiger partial charge in [-0.15, -0.1) is 0 Å². The number of likely N-dealkylation sites (N-methyl/N-ethyl adjacent to an activating group) is 1. The van der Waals surface area contributed by atoms with Crippen LogP contribution in [-0.2, 0) is 15.0 Å². The first-order chi connectivity index (χ1) is 17.1. The molecule has 1 amide bonds. The maximum absolute atomic E-state index is 13.9. The van der Waals surface area contributed by atoms with E-state index in [0.717, 1.165) is 38.8 Å². The summed E-state index contributed by atoms with van der Waals surface area (Å²) in [4.78, 5) is 29.8. The van der Waals surface area contributed by atoms with Gasteiger partial charge in [0.1, 0.15) is 6.04 Å². The van der Waals surface area contributed by atoms with Crippen LogP contribution in [0.1, 0.15) is 89.2 Å². The van der Waals surface area contributed by atoms with Gasteiger partial charge in [-0.25, -0.2) is 0 Å². The highest BCUT2D eigenvalue weighted by Crippen LogP contribution is 2.44. The molecule has 1 aromatic rings. The molecule has 1 heterocycles. The average molecular weight is 621 g/mol. The van der Waals surface area contributed by atoms with Crippen LogP contribution in [0.3, 0.4) is 0 Å². The molecule has 2 aliphatic carbocycles. The molecule has 0 aromatic heterocycles. The molecular formula is C32H49IN2O2. The number of halogens is 1. The number of rotatable bonds is 9. The lowest BCUT2D eigenvalue weighted by Crippen LogP contribution is -3.00. The number of carbonyl (C=O) groups excluding carboxylic acids is 2. The van der Waals surface area contributed by atoms with Crippen molar-refractivity contribution < 1.29 is 38.0 Å². The van der Waals surface area contributed by atoms with E-state index in [1.807, 2.05) is 0 Å². The van der Waals surface area contributed by atoms with Crippen molar-refractivity contribution in [3.8, 4) is 0 Å². The first-order valence-corrected chi connectivity index (χ1v) is 14.6. The van der Waals surface area contributed by atoms with E-state index >= 15 is 0 Å². The normalized spacial score (nSPS) is 21.7. The highest BCUT2D eigenvalue weighted by molar-refractivity contribution is 5.89. The minimum Gasteiger partial charge on any atom is -1.00 e. The Balaban J connectivity index is 0.00000380. The van der Waals surface area contributed by atoms with Gasteiger partial charge in [0.15, 0.2) is 5.78 Å². The van der Waals surface area contributed by atoms with E-state index in [9.17, 15) is 9.59 Å². The van der Waals surface area contributed by atoms with Crippen molar-refractivity contribution in [3.63, 3.8) is 0 Å². The van der Waals surface area contributed by atoms with E-state index in [1.165, 1.54) is 43.2 Å². The number of likely N-dealkylation sites (tertiary alicyclic amines) is 1. The van der Waals surface area contributed by atoms with Crippen LogP contribution in [0, 0.1) is 17.8 Å². The Kier molecular flexibility index (Phi) is 10.5. The zero-order chi connectivity index (χ0) is 25.9. The minimum atomic E-state index is -0.205. The second kappa shape index (κ2) is 12.8. The number of ketones is 1. The Morgan fingerprint density at radius 1 is 1.05 bits per heavy atom. The summed E-state index contributed by atoms with van der Waals surface area (Å²) in [6.07, 6.45) is 15.3. The maximum atomic E-state index is 13.9. The number of quaternary nitrogens is 1. The van der Waals surface area contributed by atoms with E-state index in [0.29, 0.717) is 22.6 Å². The number of allylic oxidation sites excluding steroid dienone is 1. The standard InChI is InChI=1S/C32H49N2O2.HI/c1-6-24(2)27(23-30(35)29(34(3,4)5)22-25-12-8-7-9-13-25)31(36)33-20-18-32(19-21-33)17-16-26-14-10-11-15-28(26)32;/h10-11,14-17,24-25,27,29H,6-9,12-13,18-23H2,1-5H3;1H/q+1;/p-1/t24-,27-,29-;/m0./s1. The average Bonchev–Trinajstić information content (AvgIpc) is 3.23. The first-order valence-electron chi connectivity index (χ1n) is 14.6. The Hall–Kier alpha value is -1.21. The molecule has 3 atom stereocenters. The lowest BCUT2D eigenvalue weighted by Gasteiger charge is -2.41. The largest absolute Gasteiger partial charge is 1.00 e. The summed E-state index contributed by atoms with van der Waals surface area (Å²) in [5.41, 5.74) is 2.81. The summed E-state index contributed by atoms with van der Waals surface area (Å²) in [5, 5.41) is 0. The Morgan fingerprint density at radius 2 is 1.70 bits per heavy atom. The Labute approximate surface area is 242 Å². The number of amides is 1. The lowest BCUT2D eigenvalue weighted by atomic mass is 9.74. The van der Waals surface area contributed by atoms with Gasteiger partial charge in [-0.3, -0.25) is 9.59 Å². The van der Waals surface area contributed by atoms with Gasteiger partial charge in [0, 0.05) is 37.3 Å². The van der Waals surface area contributed by atoms with Gasteiger partial charge in [-0.05, 0) is 35.8 Å². The van der Waals surface area contributed by atoms with Crippen molar-refractivity contribution in [2.45, 2.75) is 89.5 Å². The molecule has 1 saturated heterocycles. The third kappa shape index (κ3) is 6.87. The van der Waals surface area contributed by atoms with Gasteiger partial charge in [0.25, 0.3) is 0 Å². The topological polar surface area (TPSA) is 37.4 Å². The molecular weight excluding hydrogens is 571 g/mol. The number of Topliss-reactive ketones (excluding diaryl/α,β-unsaturated/α-hetero) is 1. The molecule has 5 heteroatoms. The SMILES string of the molecule is CC[C@H](C)[C@H](CC(=O)[C@H](CC1CCCCC1)[N+](C)(C)C)C(=O)N1CCC2(C=Cc3ccccc32)CC1.[I-]. The maximum Gasteiger partial charge on any atom is 0.226 e. The van der Waals surface area contributed by atoms with Crippen LogP contribution >= 0.6 is 0 Å². The van der Waals surface area contributed by atoms with Crippen molar-refractivity contribution in [2.24, 2.45) is 17.8 Å². The van der Waals surface area contributed by atoms with Gasteiger partial charge in [0.05, 0.1) is 21.1 Å². The van der Waals surface area contributed by atoms with E-state index in [4.69, 9.17) is 0 Å². The fraction of sp³-hybridized carbons (Fsp3) is 0.688. The fourth-order valence-corrected chi connectivity index (χ4v) is 7.02. The molecule has 0 unspecified atom stereocenters. The van der Waals surface area contributed by atoms with Crippen LogP contribution in [0.15, 0.2) is 30.3 Å². The number of hydrogen-bond acceptors (Lipinski definition) is 2. The van der Waals surface area contributed by atoms with Crippen LogP contribution in [0.4, 0.5) is 0 Å². The smallest absolute Gasteiger partial charge is 0.226 e. The molecule has 4 rings (SSSR count). The number of hydrogen-bond donors (Lipinski definition) is 0. The Morgan fingerprint density at radius 3 is 2.32 bits per heavy atom. The van der Waals surface area contributed by atoms with Gasteiger partial charge in [0.2, 0.25) is 5.91 Å². The number of carbonyl (C=O) groups is 2. The third-order valence-corrected chi connectivity index (χ3v) is 9.70. The molecule has 4 nitrogen and oxygen atoms in total. The number of piperidine rings is 1. The molecule has 0 bridgehead atoms. The number of fused-ring (bicyclic) bond motifs is 2. The summed E-state index contributed by atoms with van der Waals surface area (Å²) in [6.45, 7) is 5.87. The molecule has 206 valence electrons. The van der Waals surface area contributed by atoms with Gasteiger partial charge in [-0.2, -0.15) is 0 Å². The molecule has 1 aliphatic heterocycles. The fourth-order valence-electron chi connectivity index (χ4n) is 7.02. The molecule has 2 fully saturated rings. The van der Waals surface area contributed by atoms with E-state index in [1.54, 1.807) is 0 Å². The van der Waals surface area contributed by atoms with Gasteiger partial charge < -0.3 is 33.4 Å². The second-order valence-electron chi connectivity index (χ2n) is 12.9. The lowest BCUT2D eigenvalue weighted by molar-refractivity contribution is -0.887. The molecule has 1 aromatic carbocycles. The molecule has 37 heavy (non-hydrogen) atoms. The summed E-state index contributed by atoms with van der Waals surface area (Å²) in [6, 6.07) is 8.67. The van der Waals surface area contributed by atoms with Crippen molar-refractivity contribution >= 4 is 17.8 Å². The highest BCUT2D eigenvalue weighted by atomic mass is 127. The molecule has 1 saturated carbocycles. The Bertz CT molecular complexity index is 952. The summed E-state index contributed by atoms with van der Waals surface area (Å²) >= 11 is 0. The first kappa shape index (κ1) is 30.3. The van der Waals surface area contributed by atoms with Crippen molar-refractivity contribution in [3.05, 3.63) is 41.5 Å². The minimum absolute atomic E-state index is 0. The van der Waals surface area contributed by atoms with E-state index in [-0.39, 0.29) is 53.2 Å². The van der Waals surface area contributed by atoms with Crippen molar-refractivity contribution in [2.75, 3.05) is 34.2 Å². The monoisotopic (exact) mass is 620 g/mol. The predicted molar refractivity (Wildman–Crippen MR) is 149 cm³/mol. The van der Waals surface area contributed by atoms with Crippen LogP contribution in [0.2, 0.25) is 0 Å². The molecule has 0 N–H and O–H groups in total. The zero-order valence-electron chi connectivity index (χ0n) is 23.8.